The van der Waals surface area contributed by atoms with Gasteiger partial charge in [-0.1, -0.05) is 36.4 Å². The van der Waals surface area contributed by atoms with Crippen LogP contribution in [0.3, 0.4) is 0 Å². The van der Waals surface area contributed by atoms with Gasteiger partial charge in [-0.25, -0.2) is 9.55 Å². The SMILES string of the molecule is CC(=O)c1ccc(-c2[nH]c3c4ccccc4c4ccccc4c3[n+]2C)o1. The van der Waals surface area contributed by atoms with Gasteiger partial charge in [-0.15, -0.1) is 0 Å². The quantitative estimate of drug-likeness (QED) is 0.286. The minimum absolute atomic E-state index is 0.0779. The van der Waals surface area contributed by atoms with Gasteiger partial charge < -0.3 is 4.42 Å². The summed E-state index contributed by atoms with van der Waals surface area (Å²) in [5.41, 5.74) is 2.19. The van der Waals surface area contributed by atoms with Crippen LogP contribution in [-0.4, -0.2) is 10.8 Å². The molecule has 0 unspecified atom stereocenters. The molecular weight excluding hydrogens is 324 g/mol. The van der Waals surface area contributed by atoms with Crippen molar-refractivity contribution >= 4 is 38.4 Å². The Bertz CT molecular complexity index is 1320. The highest BCUT2D eigenvalue weighted by Crippen LogP contribution is 2.34. The summed E-state index contributed by atoms with van der Waals surface area (Å²) in [6.45, 7) is 1.51. The van der Waals surface area contributed by atoms with E-state index in [0.717, 1.165) is 16.9 Å². The zero-order valence-corrected chi connectivity index (χ0v) is 14.5. The maximum absolute atomic E-state index is 11.6. The zero-order valence-electron chi connectivity index (χ0n) is 14.5. The number of benzene rings is 3. The number of Topliss-reactive ketones (excluding diaryl/α,β-unsaturated/α-hetero) is 1. The fraction of sp³-hybridized carbons (Fsp3) is 0.0909. The first-order valence-electron chi connectivity index (χ1n) is 8.57. The summed E-state index contributed by atoms with van der Waals surface area (Å²) in [5.74, 6) is 1.79. The van der Waals surface area contributed by atoms with Gasteiger partial charge in [0, 0.05) is 17.7 Å². The van der Waals surface area contributed by atoms with Crippen molar-refractivity contribution in [2.24, 2.45) is 7.05 Å². The number of furan rings is 1. The number of aryl methyl sites for hydroxylation is 1. The van der Waals surface area contributed by atoms with Crippen LogP contribution in [0.1, 0.15) is 17.5 Å². The molecule has 1 N–H and O–H groups in total. The number of nitrogens with one attached hydrogen (secondary N) is 1. The third-order valence-electron chi connectivity index (χ3n) is 5.01. The number of hydrogen-bond acceptors (Lipinski definition) is 2. The molecule has 4 nitrogen and oxygen atoms in total. The van der Waals surface area contributed by atoms with Gasteiger partial charge in [0.1, 0.15) is 0 Å². The van der Waals surface area contributed by atoms with E-state index in [4.69, 9.17) is 4.42 Å². The van der Waals surface area contributed by atoms with Gasteiger partial charge in [0.15, 0.2) is 22.6 Å². The Kier molecular flexibility index (Phi) is 3.04. The molecule has 2 heterocycles. The van der Waals surface area contributed by atoms with Crippen LogP contribution < -0.4 is 4.57 Å². The minimum Gasteiger partial charge on any atom is -0.445 e. The largest absolute Gasteiger partial charge is 0.445 e. The number of nitrogens with zero attached hydrogens (tertiary/aromatic N) is 1. The monoisotopic (exact) mass is 341 g/mol. The van der Waals surface area contributed by atoms with E-state index in [0.29, 0.717) is 11.5 Å². The van der Waals surface area contributed by atoms with Crippen LogP contribution in [-0.2, 0) is 7.05 Å². The third-order valence-corrected chi connectivity index (χ3v) is 5.01. The lowest BCUT2D eigenvalue weighted by Gasteiger charge is -2.04. The number of aromatic amines is 1. The fourth-order valence-corrected chi connectivity index (χ4v) is 3.79. The molecule has 4 heteroatoms. The summed E-state index contributed by atoms with van der Waals surface area (Å²) >= 11 is 0. The molecule has 0 radical (unpaired) electrons. The molecule has 0 aliphatic heterocycles. The maximum Gasteiger partial charge on any atom is 0.323 e. The van der Waals surface area contributed by atoms with Gasteiger partial charge in [-0.05, 0) is 35.0 Å². The molecule has 0 bridgehead atoms. The number of rotatable bonds is 2. The Balaban J connectivity index is 1.94. The molecule has 3 aromatic carbocycles. The number of H-pyrrole nitrogens is 1. The Labute approximate surface area is 149 Å². The molecule has 0 saturated heterocycles. The van der Waals surface area contributed by atoms with Crippen LogP contribution in [0.25, 0.3) is 44.2 Å². The molecule has 0 amide bonds. The second kappa shape index (κ2) is 5.30. The number of imidazole rings is 1. The van der Waals surface area contributed by atoms with E-state index < -0.39 is 0 Å². The predicted molar refractivity (Wildman–Crippen MR) is 102 cm³/mol. The normalized spacial score (nSPS) is 11.6. The van der Waals surface area contributed by atoms with Crippen LogP contribution in [0.5, 0.6) is 0 Å². The maximum atomic E-state index is 11.6. The van der Waals surface area contributed by atoms with Crippen molar-refractivity contribution in [3.8, 4) is 11.6 Å². The van der Waals surface area contributed by atoms with Gasteiger partial charge in [0.05, 0.1) is 7.05 Å². The average Bonchev–Trinajstić information content (AvgIpc) is 3.27. The van der Waals surface area contributed by atoms with Gasteiger partial charge in [0.2, 0.25) is 5.76 Å². The van der Waals surface area contributed by atoms with Crippen molar-refractivity contribution in [1.82, 2.24) is 4.98 Å². The zero-order chi connectivity index (χ0) is 17.8. The molecule has 5 aromatic rings. The molecule has 0 fully saturated rings. The van der Waals surface area contributed by atoms with Crippen molar-refractivity contribution < 1.29 is 13.8 Å². The Hall–Kier alpha value is -3.40. The molecule has 0 aliphatic rings. The van der Waals surface area contributed by atoms with E-state index in [9.17, 15) is 4.79 Å². The summed E-state index contributed by atoms with van der Waals surface area (Å²) in [6.07, 6.45) is 0. The molecule has 0 saturated carbocycles. The van der Waals surface area contributed by atoms with Crippen molar-refractivity contribution in [2.75, 3.05) is 0 Å². The summed E-state index contributed by atoms with van der Waals surface area (Å²) in [4.78, 5) is 15.1. The van der Waals surface area contributed by atoms with E-state index in [2.05, 4.69) is 58.1 Å². The van der Waals surface area contributed by atoms with Crippen molar-refractivity contribution in [3.05, 3.63) is 66.4 Å². The molecule has 26 heavy (non-hydrogen) atoms. The minimum atomic E-state index is -0.0779. The van der Waals surface area contributed by atoms with E-state index in [1.165, 1.54) is 28.5 Å². The summed E-state index contributed by atoms with van der Waals surface area (Å²) in [6, 6.07) is 20.4. The third kappa shape index (κ3) is 1.96. The Morgan fingerprint density at radius 2 is 1.50 bits per heavy atom. The number of carbonyl (C=O) groups excluding carboxylic acids is 1. The fourth-order valence-electron chi connectivity index (χ4n) is 3.79. The summed E-state index contributed by atoms with van der Waals surface area (Å²) in [5, 5.41) is 4.79. The Morgan fingerprint density at radius 3 is 2.15 bits per heavy atom. The number of ketones is 1. The lowest BCUT2D eigenvalue weighted by Crippen LogP contribution is -2.29. The second-order valence-corrected chi connectivity index (χ2v) is 6.57. The van der Waals surface area contributed by atoms with Crippen LogP contribution >= 0.6 is 0 Å². The summed E-state index contributed by atoms with van der Waals surface area (Å²) < 4.78 is 7.87. The Morgan fingerprint density at radius 1 is 0.885 bits per heavy atom. The highest BCUT2D eigenvalue weighted by molar-refractivity contribution is 6.22. The predicted octanol–water partition coefficient (Wildman–Crippen LogP) is 4.76. The lowest BCUT2D eigenvalue weighted by atomic mass is 10.00. The standard InChI is InChI=1S/C22H16N2O2/c1-13(25)18-11-12-19(26-18)22-23-20-16-9-5-3-7-14(16)15-8-4-6-10-17(15)21(20)24(22)2/h3-12H,1-2H3/p+1. The van der Waals surface area contributed by atoms with Gasteiger partial charge in [0.25, 0.3) is 0 Å². The molecule has 0 atom stereocenters. The molecule has 0 aliphatic carbocycles. The van der Waals surface area contributed by atoms with Crippen LogP contribution in [0.2, 0.25) is 0 Å². The lowest BCUT2D eigenvalue weighted by molar-refractivity contribution is -0.632. The van der Waals surface area contributed by atoms with Gasteiger partial charge in [-0.2, -0.15) is 0 Å². The van der Waals surface area contributed by atoms with Gasteiger partial charge in [-0.3, -0.25) is 4.79 Å². The van der Waals surface area contributed by atoms with Crippen LogP contribution in [0, 0.1) is 0 Å². The highest BCUT2D eigenvalue weighted by Gasteiger charge is 2.25. The smallest absolute Gasteiger partial charge is 0.323 e. The van der Waals surface area contributed by atoms with Crippen molar-refractivity contribution in [1.29, 1.82) is 0 Å². The first-order chi connectivity index (χ1) is 12.6. The second-order valence-electron chi connectivity index (χ2n) is 6.57. The van der Waals surface area contributed by atoms with E-state index >= 15 is 0 Å². The first kappa shape index (κ1) is 14.9. The van der Waals surface area contributed by atoms with Crippen LogP contribution in [0.15, 0.2) is 65.1 Å². The summed E-state index contributed by atoms with van der Waals surface area (Å²) in [7, 11) is 2.02. The van der Waals surface area contributed by atoms with Gasteiger partial charge >= 0.3 is 5.82 Å². The topological polar surface area (TPSA) is 49.9 Å². The van der Waals surface area contributed by atoms with E-state index in [1.54, 1.807) is 6.07 Å². The van der Waals surface area contributed by atoms with E-state index in [-0.39, 0.29) is 5.78 Å². The average molecular weight is 341 g/mol. The molecule has 5 rings (SSSR count). The molecule has 126 valence electrons. The first-order valence-corrected chi connectivity index (χ1v) is 8.57. The van der Waals surface area contributed by atoms with Crippen LogP contribution in [0.4, 0.5) is 0 Å². The molecular formula is C22H17N2O2+. The molecule has 0 spiro atoms. The number of carbonyl (C=O) groups is 1. The van der Waals surface area contributed by atoms with E-state index in [1.807, 2.05) is 13.1 Å². The molecule has 2 aromatic heterocycles. The number of hydrogen-bond donors (Lipinski definition) is 1. The number of aromatic nitrogens is 2. The van der Waals surface area contributed by atoms with Crippen molar-refractivity contribution in [3.63, 3.8) is 0 Å². The highest BCUT2D eigenvalue weighted by atomic mass is 16.3. The van der Waals surface area contributed by atoms with Crippen molar-refractivity contribution in [2.45, 2.75) is 6.92 Å². The number of fused-ring (bicyclic) bond motifs is 6.